The lowest BCUT2D eigenvalue weighted by molar-refractivity contribution is -0.113. The number of aromatic nitrogens is 3. The summed E-state index contributed by atoms with van der Waals surface area (Å²) < 4.78 is 12.8. The maximum atomic E-state index is 13.2. The third-order valence-electron chi connectivity index (χ3n) is 5.67. The maximum absolute atomic E-state index is 13.2. The summed E-state index contributed by atoms with van der Waals surface area (Å²) in [5.41, 5.74) is 1.25. The number of anilines is 2. The lowest BCUT2D eigenvalue weighted by Gasteiger charge is -2.10. The molecule has 10 nitrogen and oxygen atoms in total. The van der Waals surface area contributed by atoms with Gasteiger partial charge in [0.1, 0.15) is 22.2 Å². The van der Waals surface area contributed by atoms with Gasteiger partial charge in [0.2, 0.25) is 5.91 Å². The molecule has 208 valence electrons. The molecule has 0 aliphatic rings. The number of thiophene rings is 1. The molecule has 2 heterocycles. The Morgan fingerprint density at radius 1 is 0.975 bits per heavy atom. The van der Waals surface area contributed by atoms with E-state index >= 15 is 0 Å². The average molecular weight is 580 g/mol. The predicted octanol–water partition coefficient (Wildman–Crippen LogP) is 5.41. The van der Waals surface area contributed by atoms with E-state index in [-0.39, 0.29) is 40.3 Å². The van der Waals surface area contributed by atoms with E-state index in [0.29, 0.717) is 28.8 Å². The number of hydrogen-bond donors (Lipinski definition) is 2. The SMILES string of the molecule is CCOC(=O)c1sc(NC(=O)CSc2nnc(COc3ccccc3)n2CC)c(C(=O)Nc2ccccc2)c1C. The first-order chi connectivity index (χ1) is 19.4. The van der Waals surface area contributed by atoms with Crippen molar-refractivity contribution < 1.29 is 23.9 Å². The number of rotatable bonds is 12. The molecule has 4 aromatic rings. The summed E-state index contributed by atoms with van der Waals surface area (Å²) in [6, 6.07) is 18.4. The Morgan fingerprint density at radius 3 is 2.35 bits per heavy atom. The summed E-state index contributed by atoms with van der Waals surface area (Å²) in [4.78, 5) is 39.0. The summed E-state index contributed by atoms with van der Waals surface area (Å²) in [6.45, 7) is 6.36. The van der Waals surface area contributed by atoms with E-state index in [1.54, 1.807) is 38.1 Å². The van der Waals surface area contributed by atoms with Crippen molar-refractivity contribution in [3.05, 3.63) is 82.5 Å². The summed E-state index contributed by atoms with van der Waals surface area (Å²) >= 11 is 2.23. The number of nitrogens with one attached hydrogen (secondary N) is 2. The third-order valence-corrected chi connectivity index (χ3v) is 7.83. The zero-order valence-corrected chi connectivity index (χ0v) is 23.9. The number of esters is 1. The second kappa shape index (κ2) is 13.8. The highest BCUT2D eigenvalue weighted by Gasteiger charge is 2.27. The first-order valence-corrected chi connectivity index (χ1v) is 14.4. The summed E-state index contributed by atoms with van der Waals surface area (Å²) in [5, 5.41) is 14.9. The van der Waals surface area contributed by atoms with Crippen molar-refractivity contribution in [3.8, 4) is 5.75 Å². The van der Waals surface area contributed by atoms with Gasteiger partial charge >= 0.3 is 5.97 Å². The number of ether oxygens (including phenoxy) is 2. The molecule has 2 N–H and O–H groups in total. The van der Waals surface area contributed by atoms with Crippen LogP contribution in [-0.4, -0.2) is 44.9 Å². The molecule has 0 atom stereocenters. The molecular formula is C28H29N5O5S2. The summed E-state index contributed by atoms with van der Waals surface area (Å²) in [7, 11) is 0. The number of thioether (sulfide) groups is 1. The van der Waals surface area contributed by atoms with E-state index in [1.807, 2.05) is 47.9 Å². The van der Waals surface area contributed by atoms with Gasteiger partial charge in [0.25, 0.3) is 5.91 Å². The zero-order valence-electron chi connectivity index (χ0n) is 22.3. The smallest absolute Gasteiger partial charge is 0.348 e. The molecule has 0 unspecified atom stereocenters. The van der Waals surface area contributed by atoms with Crippen LogP contribution in [0.5, 0.6) is 5.75 Å². The molecule has 0 saturated heterocycles. The highest BCUT2D eigenvalue weighted by Crippen LogP contribution is 2.34. The molecule has 0 aliphatic heterocycles. The minimum Gasteiger partial charge on any atom is -0.486 e. The topological polar surface area (TPSA) is 124 Å². The minimum absolute atomic E-state index is 0.0170. The standard InChI is InChI=1S/C28H29N5O5S2/c1-4-33-21(16-38-20-14-10-7-11-15-20)31-32-28(33)39-17-22(34)30-26-23(18(3)24(40-26)27(36)37-5-2)25(35)29-19-12-8-6-9-13-19/h6-15H,4-5,16-17H2,1-3H3,(H,29,35)(H,30,34). The average Bonchev–Trinajstić information content (AvgIpc) is 3.51. The number of amides is 2. The Kier molecular flexibility index (Phi) is 9.92. The molecule has 0 radical (unpaired) electrons. The van der Waals surface area contributed by atoms with Crippen molar-refractivity contribution in [1.82, 2.24) is 14.8 Å². The second-order valence-corrected chi connectivity index (χ2v) is 10.3. The van der Waals surface area contributed by atoms with Crippen LogP contribution in [0.3, 0.4) is 0 Å². The van der Waals surface area contributed by atoms with Crippen molar-refractivity contribution in [2.75, 3.05) is 23.0 Å². The van der Waals surface area contributed by atoms with Gasteiger partial charge in [-0.15, -0.1) is 21.5 Å². The van der Waals surface area contributed by atoms with E-state index in [4.69, 9.17) is 9.47 Å². The molecule has 0 aliphatic carbocycles. The third kappa shape index (κ3) is 7.07. The van der Waals surface area contributed by atoms with Crippen LogP contribution in [0.2, 0.25) is 0 Å². The van der Waals surface area contributed by atoms with E-state index in [9.17, 15) is 14.4 Å². The van der Waals surface area contributed by atoms with Crippen LogP contribution in [0.25, 0.3) is 0 Å². The zero-order chi connectivity index (χ0) is 28.5. The van der Waals surface area contributed by atoms with Gasteiger partial charge in [-0.25, -0.2) is 4.79 Å². The summed E-state index contributed by atoms with van der Waals surface area (Å²) in [5.74, 6) is 0.0398. The van der Waals surface area contributed by atoms with Crippen LogP contribution in [0.15, 0.2) is 65.8 Å². The molecule has 0 fully saturated rings. The van der Waals surface area contributed by atoms with Crippen molar-refractivity contribution in [3.63, 3.8) is 0 Å². The number of benzene rings is 2. The van der Waals surface area contributed by atoms with E-state index in [2.05, 4.69) is 20.8 Å². The molecule has 0 bridgehead atoms. The maximum Gasteiger partial charge on any atom is 0.348 e. The molecule has 2 aromatic heterocycles. The normalized spacial score (nSPS) is 10.7. The molecule has 12 heteroatoms. The van der Waals surface area contributed by atoms with Crippen LogP contribution in [0, 0.1) is 6.92 Å². The molecule has 0 spiro atoms. The van der Waals surface area contributed by atoms with Crippen LogP contribution in [-0.2, 0) is 22.7 Å². The Hall–Kier alpha value is -4.16. The number of carbonyl (C=O) groups is 3. The van der Waals surface area contributed by atoms with Gasteiger partial charge < -0.3 is 24.7 Å². The molecule has 4 rings (SSSR count). The van der Waals surface area contributed by atoms with Crippen LogP contribution >= 0.6 is 23.1 Å². The van der Waals surface area contributed by atoms with E-state index in [1.165, 1.54) is 11.8 Å². The fourth-order valence-corrected chi connectivity index (χ4v) is 5.72. The fraction of sp³-hybridized carbons (Fsp3) is 0.250. The monoisotopic (exact) mass is 579 g/mol. The van der Waals surface area contributed by atoms with Gasteiger partial charge in [0.15, 0.2) is 11.0 Å². The Bertz CT molecular complexity index is 1470. The number of para-hydroxylation sites is 2. The van der Waals surface area contributed by atoms with Crippen LogP contribution < -0.4 is 15.4 Å². The Balaban J connectivity index is 1.46. The van der Waals surface area contributed by atoms with Crippen molar-refractivity contribution in [1.29, 1.82) is 0 Å². The van der Waals surface area contributed by atoms with Gasteiger partial charge in [-0.1, -0.05) is 48.2 Å². The van der Waals surface area contributed by atoms with Crippen LogP contribution in [0.4, 0.5) is 10.7 Å². The highest BCUT2D eigenvalue weighted by atomic mass is 32.2. The van der Waals surface area contributed by atoms with Crippen molar-refractivity contribution in [2.24, 2.45) is 0 Å². The van der Waals surface area contributed by atoms with Gasteiger partial charge in [-0.05, 0) is 50.6 Å². The predicted molar refractivity (Wildman–Crippen MR) is 155 cm³/mol. The van der Waals surface area contributed by atoms with Gasteiger partial charge in [0, 0.05) is 12.2 Å². The Morgan fingerprint density at radius 2 is 1.68 bits per heavy atom. The van der Waals surface area contributed by atoms with E-state index in [0.717, 1.165) is 17.1 Å². The molecule has 2 aromatic carbocycles. The first-order valence-electron chi connectivity index (χ1n) is 12.6. The molecular weight excluding hydrogens is 550 g/mol. The highest BCUT2D eigenvalue weighted by molar-refractivity contribution is 7.99. The Labute approximate surface area is 240 Å². The lowest BCUT2D eigenvalue weighted by atomic mass is 10.1. The minimum atomic E-state index is -0.546. The van der Waals surface area contributed by atoms with Gasteiger partial charge in [0.05, 0.1) is 17.9 Å². The van der Waals surface area contributed by atoms with Crippen molar-refractivity contribution >= 4 is 51.6 Å². The number of hydrogen-bond acceptors (Lipinski definition) is 9. The molecule has 40 heavy (non-hydrogen) atoms. The summed E-state index contributed by atoms with van der Waals surface area (Å²) in [6.07, 6.45) is 0. The number of nitrogens with zero attached hydrogens (tertiary/aromatic N) is 3. The largest absolute Gasteiger partial charge is 0.486 e. The molecule has 2 amide bonds. The fourth-order valence-electron chi connectivity index (χ4n) is 3.79. The van der Waals surface area contributed by atoms with Crippen LogP contribution in [0.1, 0.15) is 45.3 Å². The van der Waals surface area contributed by atoms with Gasteiger partial charge in [-0.3, -0.25) is 9.59 Å². The first kappa shape index (κ1) is 28.8. The van der Waals surface area contributed by atoms with E-state index < -0.39 is 11.9 Å². The second-order valence-electron chi connectivity index (χ2n) is 8.38. The quantitative estimate of drug-likeness (QED) is 0.169. The number of carbonyl (C=O) groups excluding carboxylic acids is 3. The van der Waals surface area contributed by atoms with Gasteiger partial charge in [-0.2, -0.15) is 0 Å². The van der Waals surface area contributed by atoms with Crippen molar-refractivity contribution in [2.45, 2.75) is 39.1 Å². The molecule has 0 saturated carbocycles. The lowest BCUT2D eigenvalue weighted by Crippen LogP contribution is -2.19.